The summed E-state index contributed by atoms with van der Waals surface area (Å²) in [5.74, 6) is 0.699. The van der Waals surface area contributed by atoms with Crippen LogP contribution in [0.15, 0.2) is 47.5 Å². The molecule has 1 amide bonds. The molecule has 0 aliphatic carbocycles. The molecule has 0 aromatic carbocycles. The van der Waals surface area contributed by atoms with Crippen molar-refractivity contribution in [2.75, 3.05) is 36.4 Å². The SMILES string of the molecule is Cc1ncc(C(=O)Nc2cc(C(C)(C)C)on2)cc1-n1cc(-c2cncc(N3CCN(C(C)(C)C)CC3)c2)nn1. The summed E-state index contributed by atoms with van der Waals surface area (Å²) in [6, 6.07) is 5.58. The third-order valence-corrected chi connectivity index (χ3v) is 7.17. The van der Waals surface area contributed by atoms with Crippen molar-refractivity contribution >= 4 is 17.4 Å². The van der Waals surface area contributed by atoms with E-state index >= 15 is 0 Å². The Morgan fingerprint density at radius 2 is 1.73 bits per heavy atom. The van der Waals surface area contributed by atoms with Gasteiger partial charge in [0.25, 0.3) is 5.91 Å². The Hall–Kier alpha value is -4.12. The molecule has 0 atom stereocenters. The molecular formula is C29H37N9O2. The summed E-state index contributed by atoms with van der Waals surface area (Å²) in [6.45, 7) is 18.6. The van der Waals surface area contributed by atoms with Crippen molar-refractivity contribution in [3.8, 4) is 16.9 Å². The number of pyridine rings is 2. The number of rotatable bonds is 5. The summed E-state index contributed by atoms with van der Waals surface area (Å²) in [5, 5.41) is 15.5. The number of nitrogens with zero attached hydrogens (tertiary/aromatic N) is 8. The van der Waals surface area contributed by atoms with E-state index in [1.165, 1.54) is 6.20 Å². The van der Waals surface area contributed by atoms with Gasteiger partial charge in [-0.3, -0.25) is 19.7 Å². The third kappa shape index (κ3) is 5.89. The van der Waals surface area contributed by atoms with E-state index < -0.39 is 0 Å². The van der Waals surface area contributed by atoms with Crippen LogP contribution in [0, 0.1) is 6.92 Å². The fourth-order valence-electron chi connectivity index (χ4n) is 4.64. The lowest BCUT2D eigenvalue weighted by Gasteiger charge is -2.43. The van der Waals surface area contributed by atoms with Crippen LogP contribution in [-0.4, -0.2) is 72.6 Å². The fraction of sp³-hybridized carbons (Fsp3) is 0.448. The topological polar surface area (TPSA) is 118 Å². The molecule has 1 fully saturated rings. The van der Waals surface area contributed by atoms with Crippen molar-refractivity contribution in [1.82, 2.24) is 35.0 Å². The molecule has 1 N–H and O–H groups in total. The van der Waals surface area contributed by atoms with E-state index in [-0.39, 0.29) is 16.9 Å². The van der Waals surface area contributed by atoms with Gasteiger partial charge in [-0.05, 0) is 39.8 Å². The molecule has 5 rings (SSSR count). The highest BCUT2D eigenvalue weighted by Gasteiger charge is 2.26. The van der Waals surface area contributed by atoms with Gasteiger partial charge in [-0.15, -0.1) is 5.10 Å². The second kappa shape index (κ2) is 10.5. The van der Waals surface area contributed by atoms with Gasteiger partial charge in [-0.1, -0.05) is 31.1 Å². The molecule has 1 saturated heterocycles. The highest BCUT2D eigenvalue weighted by Crippen LogP contribution is 2.27. The Balaban J connectivity index is 1.32. The minimum Gasteiger partial charge on any atom is -0.368 e. The summed E-state index contributed by atoms with van der Waals surface area (Å²) in [6.07, 6.45) is 7.05. The average molecular weight is 544 g/mol. The van der Waals surface area contributed by atoms with Gasteiger partial charge in [0, 0.05) is 61.2 Å². The monoisotopic (exact) mass is 543 g/mol. The van der Waals surface area contributed by atoms with Gasteiger partial charge >= 0.3 is 0 Å². The molecule has 0 radical (unpaired) electrons. The largest absolute Gasteiger partial charge is 0.368 e. The van der Waals surface area contributed by atoms with Gasteiger partial charge in [-0.2, -0.15) is 0 Å². The van der Waals surface area contributed by atoms with Crippen LogP contribution in [0.3, 0.4) is 0 Å². The van der Waals surface area contributed by atoms with Gasteiger partial charge in [0.15, 0.2) is 5.82 Å². The molecule has 0 bridgehead atoms. The summed E-state index contributed by atoms with van der Waals surface area (Å²) >= 11 is 0. The van der Waals surface area contributed by atoms with Crippen molar-refractivity contribution in [3.05, 3.63) is 60.0 Å². The van der Waals surface area contributed by atoms with E-state index in [4.69, 9.17) is 4.52 Å². The summed E-state index contributed by atoms with van der Waals surface area (Å²) in [7, 11) is 0. The van der Waals surface area contributed by atoms with E-state index in [2.05, 4.69) is 67.4 Å². The maximum Gasteiger partial charge on any atom is 0.258 e. The van der Waals surface area contributed by atoms with E-state index in [1.54, 1.807) is 23.0 Å². The predicted octanol–water partition coefficient (Wildman–Crippen LogP) is 4.49. The Kier molecular flexibility index (Phi) is 7.17. The number of hydrogen-bond donors (Lipinski definition) is 1. The second-order valence-electron chi connectivity index (χ2n) is 12.2. The van der Waals surface area contributed by atoms with Crippen LogP contribution in [0.2, 0.25) is 0 Å². The summed E-state index contributed by atoms with van der Waals surface area (Å²) < 4.78 is 7.01. The normalized spacial score (nSPS) is 14.9. The number of hydrogen-bond acceptors (Lipinski definition) is 9. The maximum absolute atomic E-state index is 13.0. The van der Waals surface area contributed by atoms with Crippen LogP contribution in [0.1, 0.15) is 63.4 Å². The lowest BCUT2D eigenvalue weighted by atomic mass is 9.93. The highest BCUT2D eigenvalue weighted by atomic mass is 16.5. The Labute approximate surface area is 234 Å². The van der Waals surface area contributed by atoms with E-state index in [9.17, 15) is 4.79 Å². The first kappa shape index (κ1) is 27.4. The van der Waals surface area contributed by atoms with Gasteiger partial charge in [-0.25, -0.2) is 4.68 Å². The standard InChI is InChI=1S/C29H37N9O2/c1-19-24(13-21(16-31-19)27(39)32-26-14-25(40-34-26)28(2,3)4)38-18-23(33-35-38)20-12-22(17-30-15-20)36-8-10-37(11-9-36)29(5,6)7/h12-18H,8-11H2,1-7H3,(H,32,34,39). The van der Waals surface area contributed by atoms with Crippen LogP contribution in [0.25, 0.3) is 16.9 Å². The van der Waals surface area contributed by atoms with Crippen molar-refractivity contribution in [2.45, 2.75) is 59.4 Å². The zero-order chi connectivity index (χ0) is 28.7. The molecule has 1 aliphatic rings. The second-order valence-corrected chi connectivity index (χ2v) is 12.2. The Morgan fingerprint density at radius 3 is 2.40 bits per heavy atom. The van der Waals surface area contributed by atoms with E-state index in [0.717, 1.165) is 37.4 Å². The third-order valence-electron chi connectivity index (χ3n) is 7.17. The molecule has 11 heteroatoms. The highest BCUT2D eigenvalue weighted by molar-refractivity contribution is 6.03. The van der Waals surface area contributed by atoms with Gasteiger partial charge < -0.3 is 14.7 Å². The van der Waals surface area contributed by atoms with Crippen LogP contribution in [0.4, 0.5) is 11.5 Å². The Morgan fingerprint density at radius 1 is 0.975 bits per heavy atom. The van der Waals surface area contributed by atoms with Crippen LogP contribution >= 0.6 is 0 Å². The summed E-state index contributed by atoms with van der Waals surface area (Å²) in [5.41, 5.74) is 4.33. The van der Waals surface area contributed by atoms with Gasteiger partial charge in [0.2, 0.25) is 0 Å². The molecule has 4 aromatic heterocycles. The van der Waals surface area contributed by atoms with Crippen molar-refractivity contribution in [1.29, 1.82) is 0 Å². The van der Waals surface area contributed by atoms with Crippen molar-refractivity contribution < 1.29 is 9.32 Å². The minimum absolute atomic E-state index is 0.168. The zero-order valence-corrected chi connectivity index (χ0v) is 24.3. The number of piperazine rings is 1. The fourth-order valence-corrected chi connectivity index (χ4v) is 4.64. The molecule has 1 aliphatic heterocycles. The number of aryl methyl sites for hydroxylation is 1. The quantitative estimate of drug-likeness (QED) is 0.388. The van der Waals surface area contributed by atoms with Crippen LogP contribution < -0.4 is 10.2 Å². The number of aromatic nitrogens is 6. The molecule has 11 nitrogen and oxygen atoms in total. The first-order valence-electron chi connectivity index (χ1n) is 13.5. The zero-order valence-electron chi connectivity index (χ0n) is 24.3. The number of amides is 1. The van der Waals surface area contributed by atoms with Gasteiger partial charge in [0.1, 0.15) is 11.5 Å². The van der Waals surface area contributed by atoms with E-state index in [0.29, 0.717) is 34.2 Å². The van der Waals surface area contributed by atoms with Gasteiger partial charge in [0.05, 0.1) is 35.0 Å². The predicted molar refractivity (Wildman–Crippen MR) is 154 cm³/mol. The van der Waals surface area contributed by atoms with Crippen LogP contribution in [0.5, 0.6) is 0 Å². The average Bonchev–Trinajstić information content (AvgIpc) is 3.59. The lowest BCUT2D eigenvalue weighted by molar-refractivity contribution is 0.102. The number of anilines is 2. The molecular weight excluding hydrogens is 506 g/mol. The maximum atomic E-state index is 13.0. The molecule has 40 heavy (non-hydrogen) atoms. The molecule has 4 aromatic rings. The van der Waals surface area contributed by atoms with Crippen molar-refractivity contribution in [2.24, 2.45) is 0 Å². The number of carbonyl (C=O) groups excluding carboxylic acids is 1. The first-order valence-corrected chi connectivity index (χ1v) is 13.5. The molecule has 210 valence electrons. The number of carbonyl (C=O) groups is 1. The van der Waals surface area contributed by atoms with Crippen LogP contribution in [-0.2, 0) is 5.41 Å². The lowest BCUT2D eigenvalue weighted by Crippen LogP contribution is -2.53. The minimum atomic E-state index is -0.341. The summed E-state index contributed by atoms with van der Waals surface area (Å²) in [4.78, 5) is 26.7. The first-order chi connectivity index (χ1) is 18.9. The number of nitrogens with one attached hydrogen (secondary N) is 1. The molecule has 0 saturated carbocycles. The molecule has 0 spiro atoms. The molecule has 0 unspecified atom stereocenters. The van der Waals surface area contributed by atoms with E-state index in [1.807, 2.05) is 40.1 Å². The smallest absolute Gasteiger partial charge is 0.258 e. The van der Waals surface area contributed by atoms with Crippen molar-refractivity contribution in [3.63, 3.8) is 0 Å². The Bertz CT molecular complexity index is 1500. The molecule has 5 heterocycles.